The van der Waals surface area contributed by atoms with E-state index in [1.54, 1.807) is 53.6 Å². The molecule has 0 atom stereocenters. The molecule has 9 nitrogen and oxygen atoms in total. The Morgan fingerprint density at radius 2 is 1.74 bits per heavy atom. The Hall–Kier alpha value is -5.83. The highest BCUT2D eigenvalue weighted by Crippen LogP contribution is 2.38. The number of ether oxygens (including phenoxy) is 2. The number of pyridine rings is 1. The number of hydrogen-bond donors (Lipinski definition) is 1. The van der Waals surface area contributed by atoms with Gasteiger partial charge < -0.3 is 14.4 Å². The predicted molar refractivity (Wildman–Crippen MR) is 158 cm³/mol. The van der Waals surface area contributed by atoms with Crippen LogP contribution >= 0.6 is 0 Å². The first-order valence-electron chi connectivity index (χ1n) is 13.1. The SMILES string of the molecule is COc1cc(/C=N\NC(=O)c2ccc(CN3C(=O)c4cccc5cccc3c45)cc2)ccc1OC(=O)c1cccnc1. The van der Waals surface area contributed by atoms with Crippen molar-refractivity contribution in [2.24, 2.45) is 5.10 Å². The molecule has 2 heterocycles. The Morgan fingerprint density at radius 3 is 2.50 bits per heavy atom. The second-order valence-electron chi connectivity index (χ2n) is 9.51. The van der Waals surface area contributed by atoms with Gasteiger partial charge in [-0.1, -0.05) is 36.4 Å². The van der Waals surface area contributed by atoms with Crippen LogP contribution in [0.5, 0.6) is 11.5 Å². The molecule has 6 rings (SSSR count). The van der Waals surface area contributed by atoms with Crippen LogP contribution in [-0.2, 0) is 6.54 Å². The van der Waals surface area contributed by atoms with Gasteiger partial charge in [-0.25, -0.2) is 10.2 Å². The Morgan fingerprint density at radius 1 is 0.929 bits per heavy atom. The smallest absolute Gasteiger partial charge is 0.345 e. The van der Waals surface area contributed by atoms with Crippen molar-refractivity contribution in [1.29, 1.82) is 0 Å². The number of anilines is 1. The molecule has 1 aliphatic rings. The molecule has 2 amide bonds. The van der Waals surface area contributed by atoms with E-state index in [0.717, 1.165) is 22.0 Å². The van der Waals surface area contributed by atoms with Gasteiger partial charge in [0.05, 0.1) is 31.1 Å². The number of hydrogen-bond acceptors (Lipinski definition) is 7. The van der Waals surface area contributed by atoms with Gasteiger partial charge in [0.15, 0.2) is 11.5 Å². The third-order valence-corrected chi connectivity index (χ3v) is 6.87. The zero-order chi connectivity index (χ0) is 29.1. The summed E-state index contributed by atoms with van der Waals surface area (Å²) in [7, 11) is 1.46. The number of aromatic nitrogens is 1. The van der Waals surface area contributed by atoms with Crippen molar-refractivity contribution in [3.05, 3.63) is 131 Å². The van der Waals surface area contributed by atoms with E-state index in [9.17, 15) is 14.4 Å². The van der Waals surface area contributed by atoms with E-state index in [0.29, 0.717) is 34.5 Å². The molecule has 0 spiro atoms. The molecule has 1 N–H and O–H groups in total. The number of nitrogens with zero attached hydrogens (tertiary/aromatic N) is 3. The minimum absolute atomic E-state index is 0.0331. The summed E-state index contributed by atoms with van der Waals surface area (Å²) in [5.74, 6) is -0.413. The second-order valence-corrected chi connectivity index (χ2v) is 9.51. The number of amides is 2. The van der Waals surface area contributed by atoms with Gasteiger partial charge >= 0.3 is 5.97 Å². The summed E-state index contributed by atoms with van der Waals surface area (Å²) in [6.07, 6.45) is 4.44. The second kappa shape index (κ2) is 11.3. The molecule has 1 aromatic heterocycles. The highest BCUT2D eigenvalue weighted by molar-refractivity contribution is 6.24. The highest BCUT2D eigenvalue weighted by atomic mass is 16.6. The lowest BCUT2D eigenvalue weighted by Crippen LogP contribution is -2.26. The standard InChI is InChI=1S/C33H24N4O5/c1-41-29-17-22(12-15-28(29)42-33(40)25-7-4-16-34-19-25)18-35-36-31(38)24-13-10-21(11-14-24)20-37-27-9-3-6-23-5-2-8-26(30(23)27)32(37)39/h2-19H,20H2,1H3,(H,36,38)/b35-18-. The molecule has 42 heavy (non-hydrogen) atoms. The number of rotatable bonds is 8. The van der Waals surface area contributed by atoms with Crippen molar-refractivity contribution in [2.45, 2.75) is 6.54 Å². The summed E-state index contributed by atoms with van der Waals surface area (Å²) in [5.41, 5.74) is 6.35. The number of carbonyl (C=O) groups is 3. The molecule has 0 unspecified atom stereocenters. The minimum Gasteiger partial charge on any atom is -0.493 e. The van der Waals surface area contributed by atoms with Crippen LogP contribution in [0.4, 0.5) is 5.69 Å². The molecular weight excluding hydrogens is 532 g/mol. The molecule has 0 radical (unpaired) electrons. The Labute approximate surface area is 241 Å². The molecule has 4 aromatic carbocycles. The molecule has 0 saturated carbocycles. The number of methoxy groups -OCH3 is 1. The molecule has 0 saturated heterocycles. The van der Waals surface area contributed by atoms with Gasteiger partial charge in [0.2, 0.25) is 0 Å². The first-order valence-corrected chi connectivity index (χ1v) is 13.1. The lowest BCUT2D eigenvalue weighted by atomic mass is 10.1. The van der Waals surface area contributed by atoms with Gasteiger partial charge in [-0.15, -0.1) is 0 Å². The van der Waals surface area contributed by atoms with Crippen LogP contribution < -0.4 is 19.8 Å². The minimum atomic E-state index is -0.560. The van der Waals surface area contributed by atoms with Crippen molar-refractivity contribution < 1.29 is 23.9 Å². The van der Waals surface area contributed by atoms with Gasteiger partial charge in [-0.05, 0) is 71.1 Å². The topological polar surface area (TPSA) is 110 Å². The summed E-state index contributed by atoms with van der Waals surface area (Å²) < 4.78 is 10.8. The maximum absolute atomic E-state index is 13.1. The summed E-state index contributed by atoms with van der Waals surface area (Å²) in [6.45, 7) is 0.391. The van der Waals surface area contributed by atoms with Crippen molar-refractivity contribution in [1.82, 2.24) is 10.4 Å². The van der Waals surface area contributed by atoms with Gasteiger partial charge in [-0.2, -0.15) is 5.10 Å². The summed E-state index contributed by atoms with van der Waals surface area (Å²) in [5, 5.41) is 6.05. The van der Waals surface area contributed by atoms with Crippen LogP contribution in [0.2, 0.25) is 0 Å². The number of nitrogens with one attached hydrogen (secondary N) is 1. The highest BCUT2D eigenvalue weighted by Gasteiger charge is 2.29. The largest absolute Gasteiger partial charge is 0.493 e. The number of esters is 1. The van der Waals surface area contributed by atoms with Crippen LogP contribution in [0.3, 0.4) is 0 Å². The molecule has 9 heteroatoms. The zero-order valence-corrected chi connectivity index (χ0v) is 22.5. The van der Waals surface area contributed by atoms with E-state index in [2.05, 4.69) is 15.5 Å². The van der Waals surface area contributed by atoms with Gasteiger partial charge in [0, 0.05) is 28.9 Å². The summed E-state index contributed by atoms with van der Waals surface area (Å²) >= 11 is 0. The molecule has 206 valence electrons. The van der Waals surface area contributed by atoms with E-state index in [-0.39, 0.29) is 17.6 Å². The fourth-order valence-corrected chi connectivity index (χ4v) is 4.80. The van der Waals surface area contributed by atoms with E-state index in [1.807, 2.05) is 48.5 Å². The van der Waals surface area contributed by atoms with Crippen LogP contribution in [0, 0.1) is 0 Å². The molecule has 5 aromatic rings. The van der Waals surface area contributed by atoms with Crippen LogP contribution in [0.1, 0.15) is 42.2 Å². The van der Waals surface area contributed by atoms with E-state index >= 15 is 0 Å². The van der Waals surface area contributed by atoms with E-state index in [4.69, 9.17) is 9.47 Å². The van der Waals surface area contributed by atoms with Gasteiger partial charge in [0.25, 0.3) is 11.8 Å². The van der Waals surface area contributed by atoms with Crippen molar-refractivity contribution in [3.63, 3.8) is 0 Å². The number of benzene rings is 4. The third kappa shape index (κ3) is 5.18. The van der Waals surface area contributed by atoms with Crippen molar-refractivity contribution in [3.8, 4) is 11.5 Å². The average molecular weight is 557 g/mol. The van der Waals surface area contributed by atoms with Gasteiger partial charge in [-0.3, -0.25) is 14.6 Å². The number of carbonyl (C=O) groups excluding carboxylic acids is 3. The van der Waals surface area contributed by atoms with Crippen LogP contribution in [-0.4, -0.2) is 36.1 Å². The fraction of sp³-hybridized carbons (Fsp3) is 0.0606. The number of hydrazone groups is 1. The lowest BCUT2D eigenvalue weighted by Gasteiger charge is -2.18. The Bertz CT molecular complexity index is 1850. The van der Waals surface area contributed by atoms with E-state index < -0.39 is 5.97 Å². The average Bonchev–Trinajstić information content (AvgIpc) is 3.30. The normalized spacial score (nSPS) is 12.1. The van der Waals surface area contributed by atoms with Crippen LogP contribution in [0.15, 0.2) is 108 Å². The van der Waals surface area contributed by atoms with Crippen molar-refractivity contribution in [2.75, 3.05) is 12.0 Å². The summed E-state index contributed by atoms with van der Waals surface area (Å²) in [6, 6.07) is 26.8. The predicted octanol–water partition coefficient (Wildman–Crippen LogP) is 5.39. The molecule has 0 aliphatic carbocycles. The maximum Gasteiger partial charge on any atom is 0.345 e. The van der Waals surface area contributed by atoms with Gasteiger partial charge in [0.1, 0.15) is 0 Å². The molecule has 0 bridgehead atoms. The maximum atomic E-state index is 13.1. The first kappa shape index (κ1) is 26.4. The lowest BCUT2D eigenvalue weighted by molar-refractivity contribution is 0.0728. The Kier molecular flexibility index (Phi) is 7.13. The van der Waals surface area contributed by atoms with E-state index in [1.165, 1.54) is 19.5 Å². The fourth-order valence-electron chi connectivity index (χ4n) is 4.80. The molecule has 1 aliphatic heterocycles. The quantitative estimate of drug-likeness (QED) is 0.119. The molecule has 0 fully saturated rings. The summed E-state index contributed by atoms with van der Waals surface area (Å²) in [4.78, 5) is 43.8. The first-order chi connectivity index (χ1) is 20.5. The zero-order valence-electron chi connectivity index (χ0n) is 22.5. The molecular formula is C33H24N4O5. The van der Waals surface area contributed by atoms with Crippen LogP contribution in [0.25, 0.3) is 10.8 Å². The Balaban J connectivity index is 1.08. The van der Waals surface area contributed by atoms with Crippen molar-refractivity contribution >= 4 is 40.5 Å². The third-order valence-electron chi connectivity index (χ3n) is 6.87. The monoisotopic (exact) mass is 556 g/mol.